The van der Waals surface area contributed by atoms with E-state index in [1.165, 1.54) is 0 Å². The van der Waals surface area contributed by atoms with Crippen LogP contribution in [0.5, 0.6) is 0 Å². The fourth-order valence-electron chi connectivity index (χ4n) is 3.62. The zero-order chi connectivity index (χ0) is 21.4. The van der Waals surface area contributed by atoms with Gasteiger partial charge in [0.2, 0.25) is 0 Å². The highest BCUT2D eigenvalue weighted by Crippen LogP contribution is 2.37. The molecule has 0 unspecified atom stereocenters. The second-order valence-electron chi connectivity index (χ2n) is 7.14. The number of thioether (sulfide) groups is 1. The van der Waals surface area contributed by atoms with Crippen LogP contribution in [-0.2, 0) is 4.79 Å². The summed E-state index contributed by atoms with van der Waals surface area (Å²) in [5, 5.41) is 11.2. The Morgan fingerprint density at radius 2 is 1.81 bits per heavy atom. The van der Waals surface area contributed by atoms with Crippen LogP contribution in [-0.4, -0.2) is 21.0 Å². The van der Waals surface area contributed by atoms with Crippen molar-refractivity contribution in [3.8, 4) is 11.3 Å². The van der Waals surface area contributed by atoms with Gasteiger partial charge in [-0.1, -0.05) is 60.7 Å². The van der Waals surface area contributed by atoms with Gasteiger partial charge in [-0.3, -0.25) is 0 Å². The quantitative estimate of drug-likeness (QED) is 0.248. The van der Waals surface area contributed by atoms with E-state index in [-0.39, 0.29) is 4.91 Å². The number of carbonyl (C=O) groups is 1. The number of nitrogens with zero attached hydrogens (tertiary/aromatic N) is 1. The Morgan fingerprint density at radius 1 is 1.03 bits per heavy atom. The van der Waals surface area contributed by atoms with Crippen LogP contribution in [0.15, 0.2) is 87.3 Å². The summed E-state index contributed by atoms with van der Waals surface area (Å²) in [6, 6.07) is 23.3. The molecule has 31 heavy (non-hydrogen) atoms. The molecule has 5 rings (SSSR count). The van der Waals surface area contributed by atoms with E-state index in [1.807, 2.05) is 79.7 Å². The number of rotatable bonds is 5. The van der Waals surface area contributed by atoms with Crippen molar-refractivity contribution in [1.29, 1.82) is 0 Å². The molecule has 5 nitrogen and oxygen atoms in total. The molecule has 0 radical (unpaired) electrons. The van der Waals surface area contributed by atoms with Gasteiger partial charge in [-0.15, -0.1) is 0 Å². The molecule has 0 fully saturated rings. The summed E-state index contributed by atoms with van der Waals surface area (Å²) in [6.45, 7) is 2.03. The second-order valence-corrected chi connectivity index (χ2v) is 8.13. The van der Waals surface area contributed by atoms with E-state index in [2.05, 4.69) is 9.97 Å². The van der Waals surface area contributed by atoms with Crippen LogP contribution in [0, 0.1) is 6.92 Å². The largest absolute Gasteiger partial charge is 0.477 e. The molecule has 2 N–H and O–H groups in total. The predicted molar refractivity (Wildman–Crippen MR) is 124 cm³/mol. The number of oxazole rings is 1. The van der Waals surface area contributed by atoms with E-state index in [9.17, 15) is 9.90 Å². The topological polar surface area (TPSA) is 79.1 Å². The first-order valence-electron chi connectivity index (χ1n) is 9.75. The van der Waals surface area contributed by atoms with E-state index in [0.717, 1.165) is 45.0 Å². The highest BCUT2D eigenvalue weighted by Gasteiger charge is 2.19. The zero-order valence-electron chi connectivity index (χ0n) is 16.6. The van der Waals surface area contributed by atoms with Crippen LogP contribution in [0.25, 0.3) is 39.3 Å². The Bertz CT molecular complexity index is 1410. The first-order chi connectivity index (χ1) is 15.1. The van der Waals surface area contributed by atoms with Gasteiger partial charge in [0.25, 0.3) is 5.22 Å². The highest BCUT2D eigenvalue weighted by molar-refractivity contribution is 8.03. The lowest BCUT2D eigenvalue weighted by molar-refractivity contribution is -0.131. The molecule has 152 valence electrons. The van der Waals surface area contributed by atoms with Gasteiger partial charge in [0, 0.05) is 16.5 Å². The fraction of sp³-hybridized carbons (Fsp3) is 0.0400. The third-order valence-electron chi connectivity index (χ3n) is 5.10. The molecule has 0 atom stereocenters. The first kappa shape index (κ1) is 19.2. The lowest BCUT2D eigenvalue weighted by atomic mass is 10.0. The first-order valence-corrected chi connectivity index (χ1v) is 10.6. The SMILES string of the molecule is Cc1cccc2c(/C=C(\Sc3nc4ccccc4o3)C(=O)O)c(-c3ccccc3)[nH]c12. The number of aryl methyl sites for hydroxylation is 1. The Morgan fingerprint density at radius 3 is 2.58 bits per heavy atom. The summed E-state index contributed by atoms with van der Waals surface area (Å²) >= 11 is 1.01. The highest BCUT2D eigenvalue weighted by atomic mass is 32.2. The van der Waals surface area contributed by atoms with Gasteiger partial charge >= 0.3 is 5.97 Å². The van der Waals surface area contributed by atoms with E-state index >= 15 is 0 Å². The number of benzene rings is 3. The van der Waals surface area contributed by atoms with Gasteiger partial charge in [-0.25, -0.2) is 9.78 Å². The minimum absolute atomic E-state index is 0.131. The molecule has 0 spiro atoms. The number of carboxylic acids is 1. The molecule has 2 aromatic heterocycles. The maximum Gasteiger partial charge on any atom is 0.342 e. The summed E-state index contributed by atoms with van der Waals surface area (Å²) in [6.07, 6.45) is 1.70. The van der Waals surface area contributed by atoms with Gasteiger partial charge in [0.1, 0.15) is 10.4 Å². The Kier molecular flexibility index (Phi) is 4.84. The second kappa shape index (κ2) is 7.81. The standard InChI is InChI=1S/C25H18N2O3S/c1-15-8-7-11-17-18(23(27-22(15)17)16-9-3-2-4-10-16)14-21(24(28)29)31-25-26-19-12-5-6-13-20(19)30-25/h2-14,27H,1H3,(H,28,29)/b21-14-. The van der Waals surface area contributed by atoms with Gasteiger partial charge in [0.05, 0.1) is 5.69 Å². The maximum atomic E-state index is 12.1. The van der Waals surface area contributed by atoms with Crippen LogP contribution < -0.4 is 0 Å². The van der Waals surface area contributed by atoms with Crippen molar-refractivity contribution < 1.29 is 14.3 Å². The summed E-state index contributed by atoms with van der Waals surface area (Å²) in [7, 11) is 0. The van der Waals surface area contributed by atoms with Crippen LogP contribution in [0.1, 0.15) is 11.1 Å². The number of aliphatic carboxylic acids is 1. The van der Waals surface area contributed by atoms with Crippen molar-refractivity contribution >= 4 is 45.8 Å². The van der Waals surface area contributed by atoms with Gasteiger partial charge in [-0.05, 0) is 48.0 Å². The summed E-state index contributed by atoms with van der Waals surface area (Å²) in [5.74, 6) is -1.03. The minimum atomic E-state index is -1.03. The number of nitrogens with one attached hydrogen (secondary N) is 1. The number of hydrogen-bond acceptors (Lipinski definition) is 4. The average Bonchev–Trinajstić information content (AvgIpc) is 3.36. The normalized spacial score (nSPS) is 12.0. The zero-order valence-corrected chi connectivity index (χ0v) is 17.4. The number of hydrogen-bond donors (Lipinski definition) is 2. The molecule has 6 heteroatoms. The Hall–Kier alpha value is -3.77. The number of H-pyrrole nitrogens is 1. The van der Waals surface area contributed by atoms with Crippen molar-refractivity contribution in [2.75, 3.05) is 0 Å². The fourth-order valence-corrected chi connectivity index (χ4v) is 4.35. The monoisotopic (exact) mass is 426 g/mol. The number of para-hydroxylation sites is 3. The predicted octanol–water partition coefficient (Wildman–Crippen LogP) is 6.50. The molecule has 0 aliphatic rings. The molecule has 0 aliphatic carbocycles. The van der Waals surface area contributed by atoms with Crippen LogP contribution in [0.3, 0.4) is 0 Å². The molecule has 0 bridgehead atoms. The van der Waals surface area contributed by atoms with Crippen LogP contribution in [0.4, 0.5) is 0 Å². The molecule has 0 aliphatic heterocycles. The van der Waals surface area contributed by atoms with Gasteiger partial charge in [0.15, 0.2) is 5.58 Å². The molecule has 2 heterocycles. The lowest BCUT2D eigenvalue weighted by Gasteiger charge is -2.03. The van der Waals surface area contributed by atoms with E-state index in [0.29, 0.717) is 16.3 Å². The van der Waals surface area contributed by atoms with Crippen molar-refractivity contribution in [2.45, 2.75) is 12.1 Å². The average molecular weight is 426 g/mol. The summed E-state index contributed by atoms with van der Waals surface area (Å²) < 4.78 is 5.73. The van der Waals surface area contributed by atoms with E-state index in [4.69, 9.17) is 4.42 Å². The maximum absolute atomic E-state index is 12.1. The van der Waals surface area contributed by atoms with E-state index in [1.54, 1.807) is 6.08 Å². The third-order valence-corrected chi connectivity index (χ3v) is 5.96. The number of fused-ring (bicyclic) bond motifs is 2. The molecular weight excluding hydrogens is 408 g/mol. The minimum Gasteiger partial charge on any atom is -0.477 e. The van der Waals surface area contributed by atoms with Crippen molar-refractivity contribution in [3.63, 3.8) is 0 Å². The van der Waals surface area contributed by atoms with Crippen molar-refractivity contribution in [3.05, 3.63) is 88.8 Å². The molecule has 0 amide bonds. The van der Waals surface area contributed by atoms with Crippen LogP contribution in [0.2, 0.25) is 0 Å². The van der Waals surface area contributed by atoms with E-state index < -0.39 is 5.97 Å². The van der Waals surface area contributed by atoms with Gasteiger partial charge < -0.3 is 14.5 Å². The summed E-state index contributed by atoms with van der Waals surface area (Å²) in [4.78, 5) is 20.2. The molecule has 3 aromatic carbocycles. The number of aromatic amines is 1. The molecule has 5 aromatic rings. The van der Waals surface area contributed by atoms with Crippen molar-refractivity contribution in [2.24, 2.45) is 0 Å². The van der Waals surface area contributed by atoms with Crippen LogP contribution >= 0.6 is 11.8 Å². The molecule has 0 saturated heterocycles. The third kappa shape index (κ3) is 3.62. The smallest absolute Gasteiger partial charge is 0.342 e. The molecule has 0 saturated carbocycles. The van der Waals surface area contributed by atoms with Crippen molar-refractivity contribution in [1.82, 2.24) is 9.97 Å². The Labute approximate surface area is 182 Å². The number of carboxylic acid groups (broad SMARTS) is 1. The Balaban J connectivity index is 1.67. The lowest BCUT2D eigenvalue weighted by Crippen LogP contribution is -1.97. The number of aromatic nitrogens is 2. The molecular formula is C25H18N2O3S. The summed E-state index contributed by atoms with van der Waals surface area (Å²) in [5.41, 5.74) is 6.10. The van der Waals surface area contributed by atoms with Gasteiger partial charge in [-0.2, -0.15) is 0 Å².